The van der Waals surface area contributed by atoms with E-state index in [9.17, 15) is 4.79 Å². The zero-order chi connectivity index (χ0) is 14.3. The molecular formula is C17H24O3. The van der Waals surface area contributed by atoms with E-state index < -0.39 is 0 Å². The Bertz CT molecular complexity index is 398. The van der Waals surface area contributed by atoms with Gasteiger partial charge in [0.15, 0.2) is 0 Å². The van der Waals surface area contributed by atoms with Crippen LogP contribution in [0.15, 0.2) is 24.3 Å². The highest BCUT2D eigenvalue weighted by Crippen LogP contribution is 2.40. The summed E-state index contributed by atoms with van der Waals surface area (Å²) >= 11 is 0. The molecule has 110 valence electrons. The van der Waals surface area contributed by atoms with Gasteiger partial charge in [-0.15, -0.1) is 0 Å². The summed E-state index contributed by atoms with van der Waals surface area (Å²) in [5.41, 5.74) is 2.03. The minimum absolute atomic E-state index is 0.389. The van der Waals surface area contributed by atoms with Crippen molar-refractivity contribution in [1.29, 1.82) is 0 Å². The predicted octanol–water partition coefficient (Wildman–Crippen LogP) is 3.76. The topological polar surface area (TPSA) is 35.5 Å². The molecule has 1 aliphatic carbocycles. The minimum atomic E-state index is 0.389. The molecule has 3 rings (SSSR count). The fraction of sp³-hybridized carbons (Fsp3) is 0.588. The molecule has 1 aromatic rings. The third kappa shape index (κ3) is 3.90. The molecule has 0 radical (unpaired) electrons. The fourth-order valence-corrected chi connectivity index (χ4v) is 3.10. The Labute approximate surface area is 121 Å². The van der Waals surface area contributed by atoms with Gasteiger partial charge in [-0.25, -0.2) is 0 Å². The van der Waals surface area contributed by atoms with Crippen LogP contribution in [-0.2, 0) is 16.1 Å². The van der Waals surface area contributed by atoms with Crippen molar-refractivity contribution >= 4 is 6.29 Å². The Kier molecular flexibility index (Phi) is 5.74. The fourth-order valence-electron chi connectivity index (χ4n) is 3.10. The average Bonchev–Trinajstić information content (AvgIpc) is 3.14. The van der Waals surface area contributed by atoms with Crippen LogP contribution in [0, 0.1) is 0 Å². The summed E-state index contributed by atoms with van der Waals surface area (Å²) in [4.78, 5) is 10.4. The van der Waals surface area contributed by atoms with Gasteiger partial charge >= 0.3 is 0 Å². The van der Waals surface area contributed by atoms with Crippen LogP contribution < -0.4 is 0 Å². The van der Waals surface area contributed by atoms with Gasteiger partial charge in [0, 0.05) is 19.3 Å². The molecule has 2 aliphatic rings. The van der Waals surface area contributed by atoms with Crippen molar-refractivity contribution in [3.05, 3.63) is 35.4 Å². The van der Waals surface area contributed by atoms with E-state index in [-0.39, 0.29) is 0 Å². The molecule has 1 heterocycles. The number of carbonyl (C=O) groups excluding carboxylic acids is 1. The Hall–Kier alpha value is -1.19. The van der Waals surface area contributed by atoms with Crippen molar-refractivity contribution in [2.45, 2.75) is 50.7 Å². The first-order chi connectivity index (χ1) is 9.79. The molecule has 1 spiro atoms. The summed E-state index contributed by atoms with van der Waals surface area (Å²) in [5, 5.41) is 0. The highest BCUT2D eigenvalue weighted by atomic mass is 16.5. The Morgan fingerprint density at radius 1 is 1.20 bits per heavy atom. The maximum atomic E-state index is 10.4. The van der Waals surface area contributed by atoms with Crippen molar-refractivity contribution < 1.29 is 14.3 Å². The lowest BCUT2D eigenvalue weighted by Gasteiger charge is -2.20. The standard InChI is InChI=1S/C9H10O2.C8H14O/c1-11-7-9-5-3-2-4-8(9)6-10;1-2-5-8(4-1)6-3-7-9-8/h2-6H,7H2,1H3;1-7H2. The monoisotopic (exact) mass is 276 g/mol. The molecule has 0 aromatic heterocycles. The second-order valence-corrected chi connectivity index (χ2v) is 5.59. The highest BCUT2D eigenvalue weighted by Gasteiger charge is 2.37. The normalized spacial score (nSPS) is 19.6. The highest BCUT2D eigenvalue weighted by molar-refractivity contribution is 5.76. The van der Waals surface area contributed by atoms with Crippen molar-refractivity contribution in [3.63, 3.8) is 0 Å². The van der Waals surface area contributed by atoms with E-state index in [2.05, 4.69) is 0 Å². The molecule has 0 amide bonds. The number of carbonyl (C=O) groups is 1. The molecule has 3 nitrogen and oxygen atoms in total. The van der Waals surface area contributed by atoms with Crippen LogP contribution in [0.25, 0.3) is 0 Å². The number of ether oxygens (including phenoxy) is 2. The molecule has 1 aromatic carbocycles. The number of rotatable bonds is 3. The second-order valence-electron chi connectivity index (χ2n) is 5.59. The van der Waals surface area contributed by atoms with Crippen molar-refractivity contribution in [1.82, 2.24) is 0 Å². The predicted molar refractivity (Wildman–Crippen MR) is 78.9 cm³/mol. The number of hydrogen-bond acceptors (Lipinski definition) is 3. The lowest BCUT2D eigenvalue weighted by molar-refractivity contribution is 0.0105. The van der Waals surface area contributed by atoms with Crippen LogP contribution in [0.4, 0.5) is 0 Å². The Morgan fingerprint density at radius 3 is 2.50 bits per heavy atom. The quantitative estimate of drug-likeness (QED) is 0.789. The van der Waals surface area contributed by atoms with Gasteiger partial charge in [-0.3, -0.25) is 4.79 Å². The summed E-state index contributed by atoms with van der Waals surface area (Å²) in [6.07, 6.45) is 8.97. The Balaban J connectivity index is 0.000000149. The maximum Gasteiger partial charge on any atom is 0.150 e. The molecule has 20 heavy (non-hydrogen) atoms. The maximum absolute atomic E-state index is 10.4. The van der Waals surface area contributed by atoms with Gasteiger partial charge in [0.2, 0.25) is 0 Å². The zero-order valence-electron chi connectivity index (χ0n) is 12.3. The Morgan fingerprint density at radius 2 is 1.90 bits per heavy atom. The van der Waals surface area contributed by atoms with Gasteiger partial charge in [-0.05, 0) is 31.2 Å². The van der Waals surface area contributed by atoms with E-state index >= 15 is 0 Å². The van der Waals surface area contributed by atoms with E-state index in [1.165, 1.54) is 38.5 Å². The number of benzene rings is 1. The SMILES string of the molecule is C1CCC2(C1)CCCO2.COCc1ccccc1C=O. The number of aldehydes is 1. The van der Waals surface area contributed by atoms with Crippen LogP contribution in [0.1, 0.15) is 54.4 Å². The van der Waals surface area contributed by atoms with Crippen LogP contribution in [0.2, 0.25) is 0 Å². The molecule has 0 N–H and O–H groups in total. The first-order valence-electron chi connectivity index (χ1n) is 7.46. The molecule has 1 saturated heterocycles. The van der Waals surface area contributed by atoms with Gasteiger partial charge in [0.1, 0.15) is 6.29 Å². The van der Waals surface area contributed by atoms with Crippen LogP contribution in [0.3, 0.4) is 0 Å². The van der Waals surface area contributed by atoms with Crippen molar-refractivity contribution in [3.8, 4) is 0 Å². The van der Waals surface area contributed by atoms with Gasteiger partial charge in [-0.1, -0.05) is 37.1 Å². The molecule has 2 fully saturated rings. The average molecular weight is 276 g/mol. The molecular weight excluding hydrogens is 252 g/mol. The zero-order valence-corrected chi connectivity index (χ0v) is 12.3. The molecule has 0 unspecified atom stereocenters. The van der Waals surface area contributed by atoms with Crippen LogP contribution in [0.5, 0.6) is 0 Å². The second kappa shape index (κ2) is 7.55. The van der Waals surface area contributed by atoms with Crippen molar-refractivity contribution in [2.75, 3.05) is 13.7 Å². The number of hydrogen-bond donors (Lipinski definition) is 0. The van der Waals surface area contributed by atoms with E-state index in [0.717, 1.165) is 18.5 Å². The summed E-state index contributed by atoms with van der Waals surface area (Å²) in [6, 6.07) is 7.39. The summed E-state index contributed by atoms with van der Waals surface area (Å²) < 4.78 is 10.6. The largest absolute Gasteiger partial charge is 0.380 e. The summed E-state index contributed by atoms with van der Waals surface area (Å²) in [6.45, 7) is 1.52. The van der Waals surface area contributed by atoms with Gasteiger partial charge in [0.25, 0.3) is 0 Å². The van der Waals surface area contributed by atoms with Gasteiger partial charge in [0.05, 0.1) is 12.2 Å². The number of methoxy groups -OCH3 is 1. The van der Waals surface area contributed by atoms with Gasteiger partial charge in [-0.2, -0.15) is 0 Å². The lowest BCUT2D eigenvalue weighted by Crippen LogP contribution is -2.21. The van der Waals surface area contributed by atoms with Crippen molar-refractivity contribution in [2.24, 2.45) is 0 Å². The first kappa shape index (κ1) is 15.2. The molecule has 1 aliphatic heterocycles. The third-order valence-corrected chi connectivity index (χ3v) is 4.18. The lowest BCUT2D eigenvalue weighted by atomic mass is 9.99. The van der Waals surface area contributed by atoms with Gasteiger partial charge < -0.3 is 9.47 Å². The summed E-state index contributed by atoms with van der Waals surface area (Å²) in [5.74, 6) is 0. The molecule has 0 atom stereocenters. The smallest absolute Gasteiger partial charge is 0.150 e. The minimum Gasteiger partial charge on any atom is -0.380 e. The van der Waals surface area contributed by atoms with E-state index in [4.69, 9.17) is 9.47 Å². The van der Waals surface area contributed by atoms with E-state index in [0.29, 0.717) is 17.8 Å². The molecule has 0 bridgehead atoms. The summed E-state index contributed by atoms with van der Waals surface area (Å²) in [7, 11) is 1.61. The molecule has 3 heteroatoms. The molecule has 1 saturated carbocycles. The van der Waals surface area contributed by atoms with Crippen LogP contribution >= 0.6 is 0 Å². The van der Waals surface area contributed by atoms with Crippen LogP contribution in [-0.4, -0.2) is 25.6 Å². The van der Waals surface area contributed by atoms with E-state index in [1.807, 2.05) is 18.2 Å². The van der Waals surface area contributed by atoms with E-state index in [1.54, 1.807) is 13.2 Å². The first-order valence-corrected chi connectivity index (χ1v) is 7.46. The third-order valence-electron chi connectivity index (χ3n) is 4.18.